The van der Waals surface area contributed by atoms with Crippen molar-refractivity contribution in [3.8, 4) is 0 Å². The maximum atomic E-state index is 5.70. The molecule has 2 unspecified atom stereocenters. The lowest BCUT2D eigenvalue weighted by Gasteiger charge is -2.21. The molecule has 0 aromatic carbocycles. The van der Waals surface area contributed by atoms with Crippen molar-refractivity contribution >= 4 is 0 Å². The summed E-state index contributed by atoms with van der Waals surface area (Å²) in [7, 11) is 0. The smallest absolute Gasteiger partial charge is 0.0494 e. The van der Waals surface area contributed by atoms with Gasteiger partial charge in [0.1, 0.15) is 0 Å². The fourth-order valence-corrected chi connectivity index (χ4v) is 2.24. The molecule has 0 aromatic rings. The van der Waals surface area contributed by atoms with Crippen LogP contribution in [0.2, 0.25) is 0 Å². The normalized spacial score (nSPS) is 14.8. The van der Waals surface area contributed by atoms with Gasteiger partial charge in [0, 0.05) is 13.2 Å². The summed E-state index contributed by atoms with van der Waals surface area (Å²) in [5.74, 6) is 1.65. The van der Waals surface area contributed by atoms with E-state index in [0.717, 1.165) is 38.0 Å². The fourth-order valence-electron chi connectivity index (χ4n) is 2.24. The fraction of sp³-hybridized carbons (Fsp3) is 1.00. The molecule has 2 heteroatoms. The molecule has 0 saturated heterocycles. The third kappa shape index (κ3) is 9.61. The molecule has 0 saturated carbocycles. The Morgan fingerprint density at radius 1 is 1.00 bits per heavy atom. The third-order valence-electron chi connectivity index (χ3n) is 3.63. The molecule has 0 aromatic heterocycles. The van der Waals surface area contributed by atoms with E-state index in [9.17, 15) is 0 Å². The molecule has 17 heavy (non-hydrogen) atoms. The number of hydrogen-bond donors (Lipinski definition) is 1. The van der Waals surface area contributed by atoms with Crippen molar-refractivity contribution in [2.45, 2.75) is 65.7 Å². The maximum Gasteiger partial charge on any atom is 0.0494 e. The quantitative estimate of drug-likeness (QED) is 0.526. The summed E-state index contributed by atoms with van der Waals surface area (Å²) < 4.78 is 5.70. The van der Waals surface area contributed by atoms with Gasteiger partial charge in [0.15, 0.2) is 0 Å². The first-order valence-corrected chi connectivity index (χ1v) is 7.56. The van der Waals surface area contributed by atoms with E-state index in [-0.39, 0.29) is 0 Å². The summed E-state index contributed by atoms with van der Waals surface area (Å²) in [6.45, 7) is 9.38. The molecule has 0 aliphatic rings. The number of hydrogen-bond acceptors (Lipinski definition) is 2. The molecular weight excluding hydrogens is 210 g/mol. The van der Waals surface area contributed by atoms with Crippen molar-refractivity contribution in [2.75, 3.05) is 19.8 Å². The van der Waals surface area contributed by atoms with Crippen molar-refractivity contribution in [1.29, 1.82) is 0 Å². The van der Waals surface area contributed by atoms with Gasteiger partial charge in [-0.05, 0) is 31.2 Å². The second-order valence-electron chi connectivity index (χ2n) is 5.14. The minimum Gasteiger partial charge on any atom is -0.381 e. The summed E-state index contributed by atoms with van der Waals surface area (Å²) in [5, 5.41) is 0. The van der Waals surface area contributed by atoms with Gasteiger partial charge in [-0.2, -0.15) is 0 Å². The monoisotopic (exact) mass is 243 g/mol. The Kier molecular flexibility index (Phi) is 12.3. The Balaban J connectivity index is 3.74. The van der Waals surface area contributed by atoms with Gasteiger partial charge >= 0.3 is 0 Å². The van der Waals surface area contributed by atoms with Crippen LogP contribution in [-0.2, 0) is 4.74 Å². The van der Waals surface area contributed by atoms with Crippen LogP contribution in [0.1, 0.15) is 65.7 Å². The van der Waals surface area contributed by atoms with E-state index in [4.69, 9.17) is 10.5 Å². The largest absolute Gasteiger partial charge is 0.381 e. The first-order valence-electron chi connectivity index (χ1n) is 7.56. The molecule has 0 heterocycles. The molecule has 0 spiro atoms. The van der Waals surface area contributed by atoms with Gasteiger partial charge in [-0.15, -0.1) is 0 Å². The molecule has 0 bridgehead atoms. The van der Waals surface area contributed by atoms with E-state index in [1.54, 1.807) is 0 Å². The summed E-state index contributed by atoms with van der Waals surface area (Å²) in [4.78, 5) is 0. The average molecular weight is 243 g/mol. The highest BCUT2D eigenvalue weighted by molar-refractivity contribution is 4.65. The van der Waals surface area contributed by atoms with Crippen molar-refractivity contribution in [3.63, 3.8) is 0 Å². The molecule has 0 radical (unpaired) electrons. The van der Waals surface area contributed by atoms with Crippen molar-refractivity contribution in [1.82, 2.24) is 0 Å². The van der Waals surface area contributed by atoms with Gasteiger partial charge < -0.3 is 10.5 Å². The average Bonchev–Trinajstić information content (AvgIpc) is 2.37. The first-order chi connectivity index (χ1) is 8.28. The van der Waals surface area contributed by atoms with E-state index in [1.165, 1.54) is 38.5 Å². The lowest BCUT2D eigenvalue weighted by Crippen LogP contribution is -2.15. The molecular formula is C15H33NO. The highest BCUT2D eigenvalue weighted by Crippen LogP contribution is 2.23. The van der Waals surface area contributed by atoms with Crippen LogP contribution in [0.15, 0.2) is 0 Å². The summed E-state index contributed by atoms with van der Waals surface area (Å²) in [5.41, 5.74) is 5.46. The van der Waals surface area contributed by atoms with Crippen LogP contribution >= 0.6 is 0 Å². The van der Waals surface area contributed by atoms with Crippen LogP contribution in [0.4, 0.5) is 0 Å². The number of ether oxygens (including phenoxy) is 1. The number of rotatable bonds is 12. The van der Waals surface area contributed by atoms with Crippen LogP contribution in [-0.4, -0.2) is 19.8 Å². The summed E-state index contributed by atoms with van der Waals surface area (Å²) in [6, 6.07) is 0. The molecule has 0 aliphatic heterocycles. The summed E-state index contributed by atoms with van der Waals surface area (Å²) >= 11 is 0. The van der Waals surface area contributed by atoms with Gasteiger partial charge in [-0.3, -0.25) is 0 Å². The predicted octanol–water partition coefficient (Wildman–Crippen LogP) is 3.98. The van der Waals surface area contributed by atoms with E-state index >= 15 is 0 Å². The topological polar surface area (TPSA) is 35.2 Å². The Labute approximate surface area is 108 Å². The van der Waals surface area contributed by atoms with E-state index in [2.05, 4.69) is 20.8 Å². The number of unbranched alkanes of at least 4 members (excludes halogenated alkanes) is 1. The van der Waals surface area contributed by atoms with Gasteiger partial charge in [0.25, 0.3) is 0 Å². The standard InChI is InChI=1S/C15H33NO/c1-4-7-9-14(5-2)12-15(6-3)13-17-11-8-10-16/h14-15H,4-13,16H2,1-3H3. The zero-order valence-electron chi connectivity index (χ0n) is 12.2. The van der Waals surface area contributed by atoms with Gasteiger partial charge in [0.2, 0.25) is 0 Å². The second-order valence-corrected chi connectivity index (χ2v) is 5.14. The Morgan fingerprint density at radius 2 is 1.71 bits per heavy atom. The molecule has 0 amide bonds. The van der Waals surface area contributed by atoms with E-state index < -0.39 is 0 Å². The van der Waals surface area contributed by atoms with Gasteiger partial charge in [-0.1, -0.05) is 52.9 Å². The predicted molar refractivity (Wildman–Crippen MR) is 76.2 cm³/mol. The molecule has 104 valence electrons. The minimum atomic E-state index is 0.741. The highest BCUT2D eigenvalue weighted by atomic mass is 16.5. The van der Waals surface area contributed by atoms with Crippen molar-refractivity contribution in [2.24, 2.45) is 17.6 Å². The summed E-state index contributed by atoms with van der Waals surface area (Å²) in [6.07, 6.45) is 8.99. The van der Waals surface area contributed by atoms with Gasteiger partial charge in [-0.25, -0.2) is 0 Å². The zero-order valence-corrected chi connectivity index (χ0v) is 12.2. The van der Waals surface area contributed by atoms with Gasteiger partial charge in [0.05, 0.1) is 0 Å². The molecule has 2 N–H and O–H groups in total. The Hall–Kier alpha value is -0.0800. The molecule has 0 rings (SSSR count). The minimum absolute atomic E-state index is 0.741. The molecule has 0 aliphatic carbocycles. The van der Waals surface area contributed by atoms with Crippen LogP contribution < -0.4 is 5.73 Å². The molecule has 2 atom stereocenters. The Morgan fingerprint density at radius 3 is 2.24 bits per heavy atom. The SMILES string of the molecule is CCCCC(CC)CC(CC)COCCCN. The lowest BCUT2D eigenvalue weighted by molar-refractivity contribution is 0.0863. The third-order valence-corrected chi connectivity index (χ3v) is 3.63. The van der Waals surface area contributed by atoms with Crippen molar-refractivity contribution in [3.05, 3.63) is 0 Å². The second kappa shape index (κ2) is 12.4. The molecule has 0 fully saturated rings. The first kappa shape index (κ1) is 16.9. The van der Waals surface area contributed by atoms with Crippen molar-refractivity contribution < 1.29 is 4.74 Å². The molecule has 2 nitrogen and oxygen atoms in total. The number of nitrogens with two attached hydrogens (primary N) is 1. The zero-order chi connectivity index (χ0) is 12.9. The van der Waals surface area contributed by atoms with E-state index in [0.29, 0.717) is 0 Å². The Bertz CT molecular complexity index is 150. The lowest BCUT2D eigenvalue weighted by atomic mass is 9.88. The highest BCUT2D eigenvalue weighted by Gasteiger charge is 2.13. The van der Waals surface area contributed by atoms with Crippen LogP contribution in [0.25, 0.3) is 0 Å². The van der Waals surface area contributed by atoms with Crippen LogP contribution in [0, 0.1) is 11.8 Å². The maximum absolute atomic E-state index is 5.70. The van der Waals surface area contributed by atoms with Crippen LogP contribution in [0.5, 0.6) is 0 Å². The van der Waals surface area contributed by atoms with Crippen LogP contribution in [0.3, 0.4) is 0 Å². The van der Waals surface area contributed by atoms with E-state index in [1.807, 2.05) is 0 Å².